The van der Waals surface area contributed by atoms with E-state index in [0.29, 0.717) is 23.8 Å². The smallest absolute Gasteiger partial charge is 0.252 e. The molecule has 0 bridgehead atoms. The monoisotopic (exact) mass is 324 g/mol. The maximum absolute atomic E-state index is 12.6. The normalized spacial score (nSPS) is 24.4. The van der Waals surface area contributed by atoms with Gasteiger partial charge in [-0.2, -0.15) is 4.31 Å². The number of halogens is 1. The van der Waals surface area contributed by atoms with Crippen molar-refractivity contribution in [3.8, 4) is 0 Å². The third-order valence-corrected chi connectivity index (χ3v) is 7.20. The molecule has 1 unspecified atom stereocenters. The molecular formula is C12H21ClN2O2S2. The molecule has 2 N–H and O–H groups in total. The molecule has 0 saturated carbocycles. The molecule has 1 aromatic rings. The lowest BCUT2D eigenvalue weighted by molar-refractivity contribution is 0.350. The molecule has 0 spiro atoms. The molecule has 0 amide bonds. The summed E-state index contributed by atoms with van der Waals surface area (Å²) in [6.07, 6.45) is 0.839. The molecule has 1 aromatic heterocycles. The molecule has 0 radical (unpaired) electrons. The van der Waals surface area contributed by atoms with Crippen molar-refractivity contribution in [2.45, 2.75) is 31.4 Å². The van der Waals surface area contributed by atoms with Gasteiger partial charge in [-0.1, -0.05) is 6.92 Å². The Labute approximate surface area is 125 Å². The predicted molar refractivity (Wildman–Crippen MR) is 81.6 cm³/mol. The fraction of sp³-hybridized carbons (Fsp3) is 0.667. The number of rotatable bonds is 3. The second-order valence-electron chi connectivity index (χ2n) is 5.43. The van der Waals surface area contributed by atoms with Crippen LogP contribution in [0.1, 0.15) is 23.8 Å². The summed E-state index contributed by atoms with van der Waals surface area (Å²) < 4.78 is 27.2. The summed E-state index contributed by atoms with van der Waals surface area (Å²) in [6, 6.07) is 1.93. The largest absolute Gasteiger partial charge is 0.330 e. The van der Waals surface area contributed by atoms with E-state index in [1.165, 1.54) is 11.3 Å². The van der Waals surface area contributed by atoms with Gasteiger partial charge in [0.15, 0.2) is 0 Å². The van der Waals surface area contributed by atoms with Gasteiger partial charge in [-0.05, 0) is 43.9 Å². The molecule has 1 aliphatic rings. The number of hydrogen-bond acceptors (Lipinski definition) is 4. The van der Waals surface area contributed by atoms with Crippen LogP contribution in [0.25, 0.3) is 0 Å². The Balaban J connectivity index is 0.00000180. The van der Waals surface area contributed by atoms with Crippen molar-refractivity contribution in [2.75, 3.05) is 19.6 Å². The molecule has 4 nitrogen and oxygen atoms in total. The van der Waals surface area contributed by atoms with Crippen LogP contribution in [0.2, 0.25) is 0 Å². The number of thiophene rings is 1. The molecule has 1 atom stereocenters. The molecule has 110 valence electrons. The van der Waals surface area contributed by atoms with Gasteiger partial charge in [0, 0.05) is 18.0 Å². The highest BCUT2D eigenvalue weighted by Gasteiger charge is 2.39. The first-order chi connectivity index (χ1) is 8.28. The lowest BCUT2D eigenvalue weighted by Gasteiger charge is -2.22. The van der Waals surface area contributed by atoms with Crippen molar-refractivity contribution in [1.82, 2.24) is 4.31 Å². The molecule has 19 heavy (non-hydrogen) atoms. The van der Waals surface area contributed by atoms with Crippen molar-refractivity contribution in [1.29, 1.82) is 0 Å². The van der Waals surface area contributed by atoms with Gasteiger partial charge in [0.05, 0.1) is 0 Å². The van der Waals surface area contributed by atoms with E-state index in [1.807, 2.05) is 19.9 Å². The quantitative estimate of drug-likeness (QED) is 0.926. The Morgan fingerprint density at radius 1 is 1.47 bits per heavy atom. The van der Waals surface area contributed by atoms with Gasteiger partial charge in [0.1, 0.15) is 4.21 Å². The van der Waals surface area contributed by atoms with E-state index < -0.39 is 10.0 Å². The zero-order chi connectivity index (χ0) is 13.6. The molecular weight excluding hydrogens is 304 g/mol. The number of hydrogen-bond donors (Lipinski definition) is 1. The summed E-state index contributed by atoms with van der Waals surface area (Å²) in [5, 5.41) is 0. The van der Waals surface area contributed by atoms with Crippen molar-refractivity contribution >= 4 is 33.8 Å². The summed E-state index contributed by atoms with van der Waals surface area (Å²) in [5.41, 5.74) is 6.50. The fourth-order valence-corrected chi connectivity index (χ4v) is 5.74. The summed E-state index contributed by atoms with van der Waals surface area (Å²) in [5.74, 6) is 0. The lowest BCUT2D eigenvalue weighted by atomic mass is 9.90. The molecule has 1 aliphatic heterocycles. The highest BCUT2D eigenvalue weighted by molar-refractivity contribution is 7.91. The Bertz CT molecular complexity index is 556. The second-order valence-corrected chi connectivity index (χ2v) is 8.82. The van der Waals surface area contributed by atoms with Crippen molar-refractivity contribution in [3.05, 3.63) is 16.5 Å². The van der Waals surface area contributed by atoms with E-state index in [-0.39, 0.29) is 17.8 Å². The van der Waals surface area contributed by atoms with Crippen LogP contribution < -0.4 is 5.73 Å². The zero-order valence-corrected chi connectivity index (χ0v) is 13.9. The molecule has 0 aromatic carbocycles. The number of aryl methyl sites for hydroxylation is 2. The van der Waals surface area contributed by atoms with Gasteiger partial charge in [-0.3, -0.25) is 0 Å². The summed E-state index contributed by atoms with van der Waals surface area (Å²) in [4.78, 5) is 1.03. The van der Waals surface area contributed by atoms with Gasteiger partial charge >= 0.3 is 0 Å². The van der Waals surface area contributed by atoms with E-state index in [4.69, 9.17) is 5.73 Å². The lowest BCUT2D eigenvalue weighted by Crippen LogP contribution is -2.34. The minimum absolute atomic E-state index is 0. The Hall–Kier alpha value is -0.140. The third kappa shape index (κ3) is 3.13. The van der Waals surface area contributed by atoms with Crippen molar-refractivity contribution in [3.63, 3.8) is 0 Å². The summed E-state index contributed by atoms with van der Waals surface area (Å²) in [6.45, 7) is 7.48. The minimum Gasteiger partial charge on any atom is -0.330 e. The van der Waals surface area contributed by atoms with Crippen LogP contribution in [-0.4, -0.2) is 32.4 Å². The topological polar surface area (TPSA) is 63.4 Å². The standard InChI is InChI=1S/C12H20N2O2S2.ClH/c1-9-6-10(2)17-11(9)18(15,16)14-5-4-12(3,7-13)8-14;/h6H,4-5,7-8,13H2,1-3H3;1H. The molecule has 1 saturated heterocycles. The fourth-order valence-electron chi connectivity index (χ4n) is 2.34. The Morgan fingerprint density at radius 2 is 2.11 bits per heavy atom. The van der Waals surface area contributed by atoms with Crippen molar-refractivity contribution in [2.24, 2.45) is 11.1 Å². The van der Waals surface area contributed by atoms with Crippen LogP contribution in [0.5, 0.6) is 0 Å². The van der Waals surface area contributed by atoms with E-state index in [9.17, 15) is 8.42 Å². The van der Waals surface area contributed by atoms with E-state index in [2.05, 4.69) is 6.92 Å². The predicted octanol–water partition coefficient (Wildman–Crippen LogP) is 2.15. The summed E-state index contributed by atoms with van der Waals surface area (Å²) in [7, 11) is -3.33. The number of sulfonamides is 1. The van der Waals surface area contributed by atoms with Gasteiger partial charge < -0.3 is 5.73 Å². The maximum atomic E-state index is 12.6. The van der Waals surface area contributed by atoms with Crippen LogP contribution in [0.4, 0.5) is 0 Å². The van der Waals surface area contributed by atoms with Gasteiger partial charge in [0.2, 0.25) is 0 Å². The first-order valence-corrected chi connectivity index (χ1v) is 8.31. The highest BCUT2D eigenvalue weighted by atomic mass is 35.5. The molecule has 2 heterocycles. The minimum atomic E-state index is -3.33. The Morgan fingerprint density at radius 3 is 2.53 bits per heavy atom. The third-order valence-electron chi connectivity index (χ3n) is 3.59. The van der Waals surface area contributed by atoms with Crippen LogP contribution in [0, 0.1) is 19.3 Å². The maximum Gasteiger partial charge on any atom is 0.252 e. The average Bonchev–Trinajstić information content (AvgIpc) is 2.84. The molecule has 2 rings (SSSR count). The van der Waals surface area contributed by atoms with Gasteiger partial charge in [-0.25, -0.2) is 8.42 Å². The van der Waals surface area contributed by atoms with Crippen LogP contribution in [0.3, 0.4) is 0 Å². The number of nitrogens with zero attached hydrogens (tertiary/aromatic N) is 1. The first-order valence-electron chi connectivity index (χ1n) is 6.06. The molecule has 0 aliphatic carbocycles. The molecule has 1 fully saturated rings. The van der Waals surface area contributed by atoms with E-state index >= 15 is 0 Å². The van der Waals surface area contributed by atoms with Crippen molar-refractivity contribution < 1.29 is 8.42 Å². The summed E-state index contributed by atoms with van der Waals surface area (Å²) >= 11 is 1.36. The van der Waals surface area contributed by atoms with E-state index in [1.54, 1.807) is 4.31 Å². The average molecular weight is 325 g/mol. The highest BCUT2D eigenvalue weighted by Crippen LogP contribution is 2.35. The van der Waals surface area contributed by atoms with Gasteiger partial charge in [0.25, 0.3) is 10.0 Å². The van der Waals surface area contributed by atoms with Crippen LogP contribution in [0.15, 0.2) is 10.3 Å². The van der Waals surface area contributed by atoms with Gasteiger partial charge in [-0.15, -0.1) is 23.7 Å². The zero-order valence-electron chi connectivity index (χ0n) is 11.5. The number of nitrogens with two attached hydrogens (primary N) is 1. The molecule has 7 heteroatoms. The SMILES string of the molecule is Cc1cc(C)c(S(=O)(=O)N2CCC(C)(CN)C2)s1.Cl. The first kappa shape index (κ1) is 16.9. The second kappa shape index (κ2) is 5.69. The van der Waals surface area contributed by atoms with Crippen LogP contribution in [-0.2, 0) is 10.0 Å². The van der Waals surface area contributed by atoms with E-state index in [0.717, 1.165) is 16.9 Å². The van der Waals surface area contributed by atoms with Crippen LogP contribution >= 0.6 is 23.7 Å². The Kier molecular flexibility index (Phi) is 5.07.